The number of Topliss-reactive ketones (excluding diaryl/α,β-unsaturated/α-hetero) is 1. The molecule has 1 unspecified atom stereocenters. The Morgan fingerprint density at radius 1 is 0.704 bits per heavy atom. The zero-order valence-corrected chi connectivity index (χ0v) is 15.7. The van der Waals surface area contributed by atoms with Crippen LogP contribution in [-0.4, -0.2) is 18.3 Å². The first-order valence-corrected chi connectivity index (χ1v) is 10.5. The lowest BCUT2D eigenvalue weighted by Gasteiger charge is -2.38. The van der Waals surface area contributed by atoms with Gasteiger partial charge in [0.15, 0.2) is 0 Å². The van der Waals surface area contributed by atoms with E-state index in [9.17, 15) is 17.7 Å². The maximum absolute atomic E-state index is 14.4. The number of hydrogen-bond donors (Lipinski definition) is 0. The molecule has 0 N–H and O–H groups in total. The first-order chi connectivity index (χ1) is 12.9. The fourth-order valence-corrected chi connectivity index (χ4v) is 8.55. The van der Waals surface area contributed by atoms with Gasteiger partial charge in [0.1, 0.15) is 27.3 Å². The molecule has 0 heterocycles. The molecule has 0 radical (unpaired) electrons. The number of carbonyl (C=O) groups excluding carboxylic acids is 1. The van der Waals surface area contributed by atoms with Crippen LogP contribution in [0.3, 0.4) is 0 Å². The van der Waals surface area contributed by atoms with Crippen LogP contribution < -0.4 is 15.9 Å². The van der Waals surface area contributed by atoms with Crippen molar-refractivity contribution in [2.45, 2.75) is 12.5 Å². The normalized spacial score (nSPS) is 13.2. The van der Waals surface area contributed by atoms with Gasteiger partial charge in [-0.1, -0.05) is 54.6 Å². The topological polar surface area (TPSA) is 17.1 Å². The summed E-state index contributed by atoms with van der Waals surface area (Å²) in [6.45, 7) is -4.36. The third-order valence-electron chi connectivity index (χ3n) is 4.68. The number of halogens is 3. The highest BCUT2D eigenvalue weighted by Gasteiger charge is 2.62. The Labute approximate surface area is 157 Å². The summed E-state index contributed by atoms with van der Waals surface area (Å²) in [5.41, 5.74) is -2.04. The first-order valence-electron chi connectivity index (χ1n) is 8.64. The summed E-state index contributed by atoms with van der Waals surface area (Å²) in [6.07, 6.45) is 0. The number of ketones is 1. The molecule has 138 valence electrons. The van der Waals surface area contributed by atoms with E-state index in [-0.39, 0.29) is 0 Å². The van der Waals surface area contributed by atoms with Gasteiger partial charge in [0, 0.05) is 0 Å². The highest BCUT2D eigenvalue weighted by Crippen LogP contribution is 2.62. The highest BCUT2D eigenvalue weighted by atomic mass is 31.2. The van der Waals surface area contributed by atoms with E-state index in [1.54, 1.807) is 91.0 Å². The second-order valence-corrected chi connectivity index (χ2v) is 9.96. The Kier molecular flexibility index (Phi) is 5.52. The van der Waals surface area contributed by atoms with Crippen molar-refractivity contribution < 1.29 is 17.7 Å². The van der Waals surface area contributed by atoms with E-state index >= 15 is 0 Å². The van der Waals surface area contributed by atoms with E-state index in [0.717, 1.165) is 6.92 Å². The average Bonchev–Trinajstić information content (AvgIpc) is 2.66. The fraction of sp³-hybridized carbons (Fsp3) is 0.0952. The molecule has 0 aromatic heterocycles. The van der Waals surface area contributed by atoms with E-state index < -0.39 is 25.6 Å². The Bertz CT molecular complexity index is 802. The average molecular weight is 386 g/mol. The Morgan fingerprint density at radius 2 is 1.00 bits per heavy atom. The minimum Gasteiger partial charge on any atom is -0.446 e. The van der Waals surface area contributed by atoms with E-state index in [1.807, 2.05) is 0 Å². The third kappa shape index (κ3) is 3.57. The van der Waals surface area contributed by atoms with E-state index in [2.05, 4.69) is 0 Å². The van der Waals surface area contributed by atoms with Gasteiger partial charge in [-0.05, 0) is 43.3 Å². The molecule has 0 bridgehead atoms. The van der Waals surface area contributed by atoms with Crippen LogP contribution in [0.5, 0.6) is 0 Å². The van der Waals surface area contributed by atoms with Gasteiger partial charge in [0.2, 0.25) is 0 Å². The van der Waals surface area contributed by atoms with Crippen LogP contribution in [0.4, 0.5) is 12.9 Å². The quantitative estimate of drug-likeness (QED) is 0.456. The lowest BCUT2D eigenvalue weighted by Crippen LogP contribution is -2.51. The van der Waals surface area contributed by atoms with Crippen LogP contribution in [0.2, 0.25) is 0 Å². The van der Waals surface area contributed by atoms with Crippen molar-refractivity contribution in [2.24, 2.45) is 0 Å². The van der Waals surface area contributed by atoms with Crippen LogP contribution in [0.15, 0.2) is 91.0 Å². The van der Waals surface area contributed by atoms with Crippen LogP contribution in [0.25, 0.3) is 0 Å². The molecular weight excluding hydrogens is 367 g/mol. The predicted octanol–water partition coefficient (Wildman–Crippen LogP) is 4.32. The standard InChI is InChI=1S/C21H19BF3OP/c1-17(26)21(22(23,24)25)27(18-11-5-2-6-12-18,19-13-7-3-8-14-19)20-15-9-4-10-16-20/h2-16,21H,1H3. The van der Waals surface area contributed by atoms with Crippen molar-refractivity contribution in [3.05, 3.63) is 91.0 Å². The van der Waals surface area contributed by atoms with Crippen molar-refractivity contribution >= 4 is 35.9 Å². The molecule has 27 heavy (non-hydrogen) atoms. The number of hydrogen-bond acceptors (Lipinski definition) is 1. The largest absolute Gasteiger partial charge is 0.527 e. The van der Waals surface area contributed by atoms with E-state index in [0.29, 0.717) is 15.9 Å². The maximum Gasteiger partial charge on any atom is 0.527 e. The molecule has 0 fully saturated rings. The monoisotopic (exact) mass is 386 g/mol. The van der Waals surface area contributed by atoms with Crippen LogP contribution in [0.1, 0.15) is 6.92 Å². The fourth-order valence-electron chi connectivity index (χ4n) is 3.71. The molecule has 0 saturated heterocycles. The SMILES string of the molecule is CC(=O)C([B-](F)(F)F)[P+](c1ccccc1)(c1ccccc1)c1ccccc1. The summed E-state index contributed by atoms with van der Waals surface area (Å²) in [6, 6.07) is 26.0. The molecular formula is C21H19BF3OP. The minimum absolute atomic E-state index is 0.557. The molecule has 0 aliphatic rings. The second kappa shape index (κ2) is 7.70. The molecule has 0 spiro atoms. The zero-order valence-electron chi connectivity index (χ0n) is 14.8. The van der Waals surface area contributed by atoms with E-state index in [1.165, 1.54) is 0 Å². The van der Waals surface area contributed by atoms with Crippen LogP contribution in [0, 0.1) is 0 Å². The molecule has 0 aliphatic carbocycles. The molecule has 1 nitrogen and oxygen atoms in total. The Balaban J connectivity index is 2.49. The van der Waals surface area contributed by atoms with Gasteiger partial charge >= 0.3 is 6.98 Å². The molecule has 0 amide bonds. The lowest BCUT2D eigenvalue weighted by atomic mass is 9.83. The van der Waals surface area contributed by atoms with Crippen LogP contribution >= 0.6 is 7.26 Å². The van der Waals surface area contributed by atoms with E-state index in [4.69, 9.17) is 0 Å². The number of rotatable bonds is 6. The second-order valence-electron chi connectivity index (χ2n) is 6.41. The molecule has 1 atom stereocenters. The minimum atomic E-state index is -5.42. The molecule has 0 saturated carbocycles. The van der Waals surface area contributed by atoms with Gasteiger partial charge in [-0.2, -0.15) is 0 Å². The smallest absolute Gasteiger partial charge is 0.446 e. The molecule has 3 rings (SSSR count). The van der Waals surface area contributed by atoms with Crippen molar-refractivity contribution in [1.82, 2.24) is 0 Å². The zero-order chi connectivity index (χ0) is 19.5. The first kappa shape index (κ1) is 19.4. The highest BCUT2D eigenvalue weighted by molar-refractivity contribution is 7.98. The van der Waals surface area contributed by atoms with Crippen molar-refractivity contribution in [3.63, 3.8) is 0 Å². The van der Waals surface area contributed by atoms with Crippen molar-refractivity contribution in [1.29, 1.82) is 0 Å². The molecule has 6 heteroatoms. The molecule has 0 aliphatic heterocycles. The van der Waals surface area contributed by atoms with Crippen molar-refractivity contribution in [3.8, 4) is 0 Å². The molecule has 3 aromatic carbocycles. The maximum atomic E-state index is 14.4. The van der Waals surface area contributed by atoms with Gasteiger partial charge in [0.25, 0.3) is 0 Å². The van der Waals surface area contributed by atoms with Gasteiger partial charge in [0.05, 0.1) is 7.26 Å². The van der Waals surface area contributed by atoms with Gasteiger partial charge < -0.3 is 12.9 Å². The summed E-state index contributed by atoms with van der Waals surface area (Å²) < 4.78 is 43.2. The summed E-state index contributed by atoms with van der Waals surface area (Å²) in [4.78, 5) is 12.5. The number of carbonyl (C=O) groups is 1. The summed E-state index contributed by atoms with van der Waals surface area (Å²) in [7, 11) is -3.29. The van der Waals surface area contributed by atoms with Crippen LogP contribution in [-0.2, 0) is 4.79 Å². The lowest BCUT2D eigenvalue weighted by molar-refractivity contribution is -0.115. The Morgan fingerprint density at radius 3 is 1.22 bits per heavy atom. The third-order valence-corrected chi connectivity index (χ3v) is 9.56. The van der Waals surface area contributed by atoms with Gasteiger partial charge in [-0.15, -0.1) is 0 Å². The van der Waals surface area contributed by atoms with Gasteiger partial charge in [-0.3, -0.25) is 4.79 Å². The van der Waals surface area contributed by atoms with Crippen molar-refractivity contribution in [2.75, 3.05) is 0 Å². The van der Waals surface area contributed by atoms with Gasteiger partial charge in [-0.25, -0.2) is 0 Å². The Hall–Kier alpha value is -2.39. The summed E-state index contributed by atoms with van der Waals surface area (Å²) >= 11 is 0. The summed E-state index contributed by atoms with van der Waals surface area (Å²) in [5.74, 6) is -0.840. The number of benzene rings is 3. The summed E-state index contributed by atoms with van der Waals surface area (Å²) in [5, 5.41) is 1.67. The predicted molar refractivity (Wildman–Crippen MR) is 109 cm³/mol. The molecule has 3 aromatic rings.